The summed E-state index contributed by atoms with van der Waals surface area (Å²) in [5, 5.41) is 11.4. The molecule has 1 aliphatic heterocycles. The average molecular weight is 254 g/mol. The zero-order chi connectivity index (χ0) is 11.4. The first-order chi connectivity index (χ1) is 7.83. The molecule has 3 unspecified atom stereocenters. The summed E-state index contributed by atoms with van der Waals surface area (Å²) in [7, 11) is 0. The van der Waals surface area contributed by atoms with E-state index in [0.29, 0.717) is 10.5 Å². The van der Waals surface area contributed by atoms with Gasteiger partial charge < -0.3 is 5.11 Å². The van der Waals surface area contributed by atoms with Crippen molar-refractivity contribution >= 4 is 23.5 Å². The molecule has 0 bridgehead atoms. The van der Waals surface area contributed by atoms with E-state index in [4.69, 9.17) is 0 Å². The molecular weight excluding hydrogens is 236 g/mol. The Morgan fingerprint density at radius 1 is 1.25 bits per heavy atom. The van der Waals surface area contributed by atoms with Crippen LogP contribution in [0.5, 0.6) is 0 Å². The standard InChI is InChI=1S/C13H18OS2/c1-2-11-13(16-9-8-15-11)12(14)10-6-4-3-5-7-10/h3-7,11-14H,2,8-9H2,1H3. The van der Waals surface area contributed by atoms with Gasteiger partial charge in [-0.05, 0) is 12.0 Å². The Kier molecular flexibility index (Phi) is 4.62. The number of hydrogen-bond acceptors (Lipinski definition) is 3. The van der Waals surface area contributed by atoms with Crippen LogP contribution in [0, 0.1) is 0 Å². The van der Waals surface area contributed by atoms with Gasteiger partial charge in [0.2, 0.25) is 0 Å². The predicted octanol–water partition coefficient (Wildman–Crippen LogP) is 3.35. The van der Waals surface area contributed by atoms with Crippen LogP contribution in [0.3, 0.4) is 0 Å². The highest BCUT2D eigenvalue weighted by atomic mass is 32.2. The molecule has 2 rings (SSSR count). The van der Waals surface area contributed by atoms with E-state index < -0.39 is 0 Å². The third-order valence-electron chi connectivity index (χ3n) is 2.95. The lowest BCUT2D eigenvalue weighted by Gasteiger charge is -2.33. The number of benzene rings is 1. The molecule has 0 saturated carbocycles. The van der Waals surface area contributed by atoms with Gasteiger partial charge in [0.25, 0.3) is 0 Å². The molecule has 0 amide bonds. The summed E-state index contributed by atoms with van der Waals surface area (Å²) in [6.07, 6.45) is 0.829. The van der Waals surface area contributed by atoms with Crippen molar-refractivity contribution in [3.05, 3.63) is 35.9 Å². The van der Waals surface area contributed by atoms with E-state index in [1.54, 1.807) is 0 Å². The Morgan fingerprint density at radius 3 is 2.62 bits per heavy atom. The van der Waals surface area contributed by atoms with Gasteiger partial charge in [-0.1, -0.05) is 37.3 Å². The fourth-order valence-corrected chi connectivity index (χ4v) is 5.21. The largest absolute Gasteiger partial charge is 0.387 e. The Bertz CT molecular complexity index is 315. The van der Waals surface area contributed by atoms with Crippen LogP contribution in [0.2, 0.25) is 0 Å². The van der Waals surface area contributed by atoms with Gasteiger partial charge in [-0.25, -0.2) is 0 Å². The highest BCUT2D eigenvalue weighted by Crippen LogP contribution is 2.39. The minimum Gasteiger partial charge on any atom is -0.387 e. The van der Waals surface area contributed by atoms with Crippen LogP contribution >= 0.6 is 23.5 Å². The SMILES string of the molecule is CCC1SCCSC1C(O)c1ccccc1. The third kappa shape index (κ3) is 2.76. The lowest BCUT2D eigenvalue weighted by atomic mass is 10.0. The Labute approximate surface area is 106 Å². The van der Waals surface area contributed by atoms with E-state index in [9.17, 15) is 5.11 Å². The molecule has 1 N–H and O–H groups in total. The first-order valence-corrected chi connectivity index (χ1v) is 7.89. The molecule has 0 aromatic heterocycles. The smallest absolute Gasteiger partial charge is 0.0919 e. The van der Waals surface area contributed by atoms with Crippen molar-refractivity contribution in [2.45, 2.75) is 29.9 Å². The Balaban J connectivity index is 2.10. The summed E-state index contributed by atoms with van der Waals surface area (Å²) in [6, 6.07) is 10.0. The van der Waals surface area contributed by atoms with Gasteiger partial charge >= 0.3 is 0 Å². The number of thioether (sulfide) groups is 2. The minimum atomic E-state index is -0.316. The van der Waals surface area contributed by atoms with Crippen LogP contribution in [0.1, 0.15) is 25.0 Å². The minimum absolute atomic E-state index is 0.316. The van der Waals surface area contributed by atoms with Crippen LogP contribution in [-0.2, 0) is 0 Å². The van der Waals surface area contributed by atoms with Crippen LogP contribution in [0.4, 0.5) is 0 Å². The monoisotopic (exact) mass is 254 g/mol. The van der Waals surface area contributed by atoms with E-state index in [-0.39, 0.29) is 6.10 Å². The molecule has 3 heteroatoms. The van der Waals surface area contributed by atoms with Gasteiger partial charge in [-0.2, -0.15) is 23.5 Å². The maximum atomic E-state index is 10.4. The van der Waals surface area contributed by atoms with Gasteiger partial charge in [0.05, 0.1) is 6.10 Å². The van der Waals surface area contributed by atoms with E-state index in [0.717, 1.165) is 17.7 Å². The molecule has 0 spiro atoms. The van der Waals surface area contributed by atoms with Gasteiger partial charge in [0.1, 0.15) is 0 Å². The second-order valence-corrected chi connectivity index (χ2v) is 6.64. The average Bonchev–Trinajstić information content (AvgIpc) is 2.39. The van der Waals surface area contributed by atoms with Crippen molar-refractivity contribution in [3.63, 3.8) is 0 Å². The molecule has 1 heterocycles. The summed E-state index contributed by atoms with van der Waals surface area (Å²) in [4.78, 5) is 0. The number of rotatable bonds is 3. The summed E-state index contributed by atoms with van der Waals surface area (Å²) < 4.78 is 0. The van der Waals surface area contributed by atoms with Crippen LogP contribution in [-0.4, -0.2) is 27.1 Å². The normalized spacial score (nSPS) is 27.6. The van der Waals surface area contributed by atoms with Gasteiger partial charge in [-0.3, -0.25) is 0 Å². The van der Waals surface area contributed by atoms with Crippen LogP contribution in [0.25, 0.3) is 0 Å². The molecule has 1 nitrogen and oxygen atoms in total. The van der Waals surface area contributed by atoms with Gasteiger partial charge in [0.15, 0.2) is 0 Å². The maximum absolute atomic E-state index is 10.4. The van der Waals surface area contributed by atoms with E-state index in [1.165, 1.54) is 5.75 Å². The van der Waals surface area contributed by atoms with Crippen LogP contribution in [0.15, 0.2) is 30.3 Å². The van der Waals surface area contributed by atoms with E-state index in [1.807, 2.05) is 53.9 Å². The predicted molar refractivity (Wildman–Crippen MR) is 74.2 cm³/mol. The Hall–Kier alpha value is -0.120. The second-order valence-electron chi connectivity index (χ2n) is 4.01. The summed E-state index contributed by atoms with van der Waals surface area (Å²) >= 11 is 3.94. The number of aliphatic hydroxyl groups excluding tert-OH is 1. The van der Waals surface area contributed by atoms with Crippen molar-refractivity contribution in [2.75, 3.05) is 11.5 Å². The van der Waals surface area contributed by atoms with Crippen molar-refractivity contribution in [1.29, 1.82) is 0 Å². The molecule has 16 heavy (non-hydrogen) atoms. The molecular formula is C13H18OS2. The fraction of sp³-hybridized carbons (Fsp3) is 0.538. The van der Waals surface area contributed by atoms with Crippen LogP contribution < -0.4 is 0 Å². The molecule has 3 atom stereocenters. The number of aliphatic hydroxyl groups is 1. The van der Waals surface area contributed by atoms with Gasteiger partial charge in [0, 0.05) is 22.0 Å². The molecule has 88 valence electrons. The highest BCUT2D eigenvalue weighted by Gasteiger charge is 2.31. The molecule has 1 aliphatic rings. The van der Waals surface area contributed by atoms with Crippen molar-refractivity contribution in [2.24, 2.45) is 0 Å². The zero-order valence-corrected chi connectivity index (χ0v) is 11.1. The second kappa shape index (κ2) is 5.99. The van der Waals surface area contributed by atoms with E-state index in [2.05, 4.69) is 6.92 Å². The highest BCUT2D eigenvalue weighted by molar-refractivity contribution is 8.07. The fourth-order valence-electron chi connectivity index (χ4n) is 2.07. The van der Waals surface area contributed by atoms with E-state index >= 15 is 0 Å². The molecule has 1 aromatic carbocycles. The summed E-state index contributed by atoms with van der Waals surface area (Å²) in [5.41, 5.74) is 1.06. The van der Waals surface area contributed by atoms with Crippen molar-refractivity contribution < 1.29 is 5.11 Å². The molecule has 1 saturated heterocycles. The third-order valence-corrected chi connectivity index (χ3v) is 6.28. The quantitative estimate of drug-likeness (QED) is 0.893. The lowest BCUT2D eigenvalue weighted by molar-refractivity contribution is 0.172. The molecule has 0 aliphatic carbocycles. The first kappa shape index (κ1) is 12.3. The van der Waals surface area contributed by atoms with Crippen molar-refractivity contribution in [3.8, 4) is 0 Å². The molecule has 1 fully saturated rings. The summed E-state index contributed by atoms with van der Waals surface area (Å²) in [6.45, 7) is 2.22. The number of hydrogen-bond donors (Lipinski definition) is 1. The summed E-state index contributed by atoms with van der Waals surface area (Å²) in [5.74, 6) is 2.39. The Morgan fingerprint density at radius 2 is 1.94 bits per heavy atom. The van der Waals surface area contributed by atoms with Crippen molar-refractivity contribution in [1.82, 2.24) is 0 Å². The maximum Gasteiger partial charge on any atom is 0.0919 e. The molecule has 0 radical (unpaired) electrons. The lowest BCUT2D eigenvalue weighted by Crippen LogP contribution is -2.31. The zero-order valence-electron chi connectivity index (χ0n) is 9.50. The molecule has 1 aromatic rings. The van der Waals surface area contributed by atoms with Gasteiger partial charge in [-0.15, -0.1) is 0 Å². The first-order valence-electron chi connectivity index (χ1n) is 5.79. The topological polar surface area (TPSA) is 20.2 Å².